The molecule has 2 fully saturated rings. The second-order valence-electron chi connectivity index (χ2n) is 9.32. The van der Waals surface area contributed by atoms with Crippen LogP contribution in [0, 0.1) is 5.92 Å². The molecule has 0 radical (unpaired) electrons. The highest BCUT2D eigenvalue weighted by Gasteiger charge is 2.27. The molecule has 0 bridgehead atoms. The first-order valence-electron chi connectivity index (χ1n) is 12.4. The first-order chi connectivity index (χ1) is 16.7. The van der Waals surface area contributed by atoms with Gasteiger partial charge in [0.1, 0.15) is 5.75 Å². The maximum atomic E-state index is 13.7. The van der Waals surface area contributed by atoms with E-state index in [1.807, 2.05) is 35.4 Å². The van der Waals surface area contributed by atoms with E-state index in [4.69, 9.17) is 9.47 Å². The number of aromatic nitrogens is 1. The summed E-state index contributed by atoms with van der Waals surface area (Å²) in [4.78, 5) is 22.5. The second-order valence-corrected chi connectivity index (χ2v) is 9.32. The number of amides is 1. The molecule has 178 valence electrons. The summed E-state index contributed by atoms with van der Waals surface area (Å²) >= 11 is 0. The van der Waals surface area contributed by atoms with E-state index >= 15 is 0 Å². The molecule has 1 amide bonds. The van der Waals surface area contributed by atoms with Crippen molar-refractivity contribution in [3.05, 3.63) is 65.9 Å². The summed E-state index contributed by atoms with van der Waals surface area (Å²) in [5, 5.41) is 1.17. The number of hydrogen-bond acceptors (Lipinski definition) is 5. The molecule has 2 saturated heterocycles. The Kier molecular flexibility index (Phi) is 6.95. The molecule has 0 N–H and O–H groups in total. The minimum Gasteiger partial charge on any atom is -0.496 e. The van der Waals surface area contributed by atoms with E-state index in [9.17, 15) is 4.79 Å². The zero-order valence-electron chi connectivity index (χ0n) is 19.9. The Balaban J connectivity index is 1.37. The van der Waals surface area contributed by atoms with E-state index in [2.05, 4.69) is 34.1 Å². The Morgan fingerprint density at radius 2 is 1.97 bits per heavy atom. The molecule has 2 aromatic carbocycles. The first kappa shape index (κ1) is 22.7. The predicted molar refractivity (Wildman–Crippen MR) is 135 cm³/mol. The fraction of sp³-hybridized carbons (Fsp3) is 0.429. The van der Waals surface area contributed by atoms with Crippen molar-refractivity contribution in [2.24, 2.45) is 5.92 Å². The van der Waals surface area contributed by atoms with Crippen LogP contribution in [0.25, 0.3) is 10.9 Å². The van der Waals surface area contributed by atoms with Crippen LogP contribution in [0.1, 0.15) is 35.2 Å². The number of carbonyl (C=O) groups is 1. The van der Waals surface area contributed by atoms with Crippen LogP contribution >= 0.6 is 0 Å². The number of benzene rings is 2. The molecular formula is C28H33N3O3. The van der Waals surface area contributed by atoms with Gasteiger partial charge in [0.15, 0.2) is 0 Å². The minimum atomic E-state index is 0.0193. The molecule has 5 rings (SSSR count). The summed E-state index contributed by atoms with van der Waals surface area (Å²) in [6.45, 7) is 4.52. The van der Waals surface area contributed by atoms with Gasteiger partial charge in [-0.3, -0.25) is 9.78 Å². The van der Waals surface area contributed by atoms with Crippen LogP contribution in [-0.2, 0) is 11.2 Å². The standard InChI is InChI=1S/C28H33N3O3/c1-33-27-11-10-23(30-13-3-2-4-14-30)18-25(27)28(32)31-15-16-34-20-21(19-31)17-22-7-5-9-26-24(22)8-6-12-29-26/h5-12,18,21H,2-4,13-17,19-20H2,1H3/t21-/m0/s1. The highest BCUT2D eigenvalue weighted by atomic mass is 16.5. The zero-order valence-corrected chi connectivity index (χ0v) is 19.9. The molecular weight excluding hydrogens is 426 g/mol. The summed E-state index contributed by atoms with van der Waals surface area (Å²) in [6.07, 6.45) is 6.35. The van der Waals surface area contributed by atoms with Gasteiger partial charge in [0.2, 0.25) is 0 Å². The van der Waals surface area contributed by atoms with Crippen LogP contribution in [0.5, 0.6) is 5.75 Å². The zero-order chi connectivity index (χ0) is 23.3. The van der Waals surface area contributed by atoms with Crippen molar-refractivity contribution in [3.63, 3.8) is 0 Å². The average molecular weight is 460 g/mol. The molecule has 0 unspecified atom stereocenters. The van der Waals surface area contributed by atoms with E-state index in [1.165, 1.54) is 30.2 Å². The highest BCUT2D eigenvalue weighted by Crippen LogP contribution is 2.29. The van der Waals surface area contributed by atoms with Gasteiger partial charge in [-0.05, 0) is 61.6 Å². The summed E-state index contributed by atoms with van der Waals surface area (Å²) < 4.78 is 11.5. The van der Waals surface area contributed by atoms with Crippen molar-refractivity contribution < 1.29 is 14.3 Å². The SMILES string of the molecule is COc1ccc(N2CCCCC2)cc1C(=O)N1CCOC[C@@H](Cc2cccc3ncccc23)C1. The van der Waals surface area contributed by atoms with Crippen molar-refractivity contribution in [1.82, 2.24) is 9.88 Å². The normalized spacial score (nSPS) is 19.1. The van der Waals surface area contributed by atoms with Crippen LogP contribution in [-0.4, -0.2) is 62.3 Å². The van der Waals surface area contributed by atoms with Gasteiger partial charge in [-0.1, -0.05) is 18.2 Å². The van der Waals surface area contributed by atoms with E-state index in [1.54, 1.807) is 7.11 Å². The van der Waals surface area contributed by atoms with Gasteiger partial charge in [0, 0.05) is 49.4 Å². The third kappa shape index (κ3) is 4.87. The number of methoxy groups -OCH3 is 1. The monoisotopic (exact) mass is 459 g/mol. The Labute approximate surface area is 201 Å². The van der Waals surface area contributed by atoms with Crippen molar-refractivity contribution in [2.75, 3.05) is 51.4 Å². The summed E-state index contributed by atoms with van der Waals surface area (Å²) in [6, 6.07) is 16.4. The Morgan fingerprint density at radius 3 is 2.82 bits per heavy atom. The molecule has 34 heavy (non-hydrogen) atoms. The number of nitrogens with zero attached hydrogens (tertiary/aromatic N) is 3. The van der Waals surface area contributed by atoms with Gasteiger partial charge in [-0.25, -0.2) is 0 Å². The molecule has 0 aliphatic carbocycles. The Hall–Kier alpha value is -3.12. The summed E-state index contributed by atoms with van der Waals surface area (Å²) in [7, 11) is 1.63. The van der Waals surface area contributed by atoms with Gasteiger partial charge in [0.05, 0.1) is 31.4 Å². The fourth-order valence-corrected chi connectivity index (χ4v) is 5.23. The van der Waals surface area contributed by atoms with Gasteiger partial charge in [-0.15, -0.1) is 0 Å². The van der Waals surface area contributed by atoms with Gasteiger partial charge >= 0.3 is 0 Å². The van der Waals surface area contributed by atoms with Crippen molar-refractivity contribution in [2.45, 2.75) is 25.7 Å². The molecule has 6 nitrogen and oxygen atoms in total. The van der Waals surface area contributed by atoms with E-state index < -0.39 is 0 Å². The van der Waals surface area contributed by atoms with Crippen LogP contribution < -0.4 is 9.64 Å². The Bertz CT molecular complexity index is 1140. The number of pyridine rings is 1. The first-order valence-corrected chi connectivity index (χ1v) is 12.4. The van der Waals surface area contributed by atoms with Crippen molar-refractivity contribution >= 4 is 22.5 Å². The highest BCUT2D eigenvalue weighted by molar-refractivity contribution is 5.98. The van der Waals surface area contributed by atoms with E-state index in [0.29, 0.717) is 37.6 Å². The number of carbonyl (C=O) groups excluding carboxylic acids is 1. The number of piperidine rings is 1. The molecule has 1 aromatic heterocycles. The van der Waals surface area contributed by atoms with E-state index in [0.717, 1.165) is 30.7 Å². The number of rotatable bonds is 5. The summed E-state index contributed by atoms with van der Waals surface area (Å²) in [5.41, 5.74) is 4.00. The van der Waals surface area contributed by atoms with E-state index in [-0.39, 0.29) is 11.8 Å². The topological polar surface area (TPSA) is 54.9 Å². The maximum Gasteiger partial charge on any atom is 0.257 e. The third-order valence-corrected chi connectivity index (χ3v) is 7.00. The van der Waals surface area contributed by atoms with Gasteiger partial charge in [0.25, 0.3) is 5.91 Å². The summed E-state index contributed by atoms with van der Waals surface area (Å²) in [5.74, 6) is 0.868. The predicted octanol–water partition coefficient (Wildman–Crippen LogP) is 4.57. The molecule has 3 aromatic rings. The van der Waals surface area contributed by atoms with Crippen molar-refractivity contribution in [1.29, 1.82) is 0 Å². The van der Waals surface area contributed by atoms with Gasteiger partial charge < -0.3 is 19.3 Å². The molecule has 0 spiro atoms. The maximum absolute atomic E-state index is 13.7. The lowest BCUT2D eigenvalue weighted by Crippen LogP contribution is -2.37. The van der Waals surface area contributed by atoms with Crippen molar-refractivity contribution in [3.8, 4) is 5.75 Å². The molecule has 3 heterocycles. The second kappa shape index (κ2) is 10.4. The lowest BCUT2D eigenvalue weighted by atomic mass is 9.96. The number of anilines is 1. The lowest BCUT2D eigenvalue weighted by Gasteiger charge is -2.30. The van der Waals surface area contributed by atoms with Crippen LogP contribution in [0.15, 0.2) is 54.7 Å². The number of ether oxygens (including phenoxy) is 2. The number of fused-ring (bicyclic) bond motifs is 1. The molecule has 2 aliphatic rings. The minimum absolute atomic E-state index is 0.0193. The smallest absolute Gasteiger partial charge is 0.257 e. The largest absolute Gasteiger partial charge is 0.496 e. The quantitative estimate of drug-likeness (QED) is 0.560. The number of hydrogen-bond donors (Lipinski definition) is 0. The van der Waals surface area contributed by atoms with Crippen LogP contribution in [0.3, 0.4) is 0 Å². The molecule has 6 heteroatoms. The van der Waals surface area contributed by atoms with Crippen LogP contribution in [0.4, 0.5) is 5.69 Å². The molecule has 2 aliphatic heterocycles. The third-order valence-electron chi connectivity index (χ3n) is 7.00. The molecule has 0 saturated carbocycles. The van der Waals surface area contributed by atoms with Crippen LogP contribution in [0.2, 0.25) is 0 Å². The average Bonchev–Trinajstić information content (AvgIpc) is 3.14. The lowest BCUT2D eigenvalue weighted by molar-refractivity contribution is 0.0734. The van der Waals surface area contributed by atoms with Gasteiger partial charge in [-0.2, -0.15) is 0 Å². The fourth-order valence-electron chi connectivity index (χ4n) is 5.23. The Morgan fingerprint density at radius 1 is 1.09 bits per heavy atom. The molecule has 1 atom stereocenters.